The Morgan fingerprint density at radius 2 is 1.33 bits per heavy atom. The standard InChI is InChI=1S/C16H16OP/c1-2-3-14-18(17,15-10-6-4-7-11-15)16-12-8-5-9-13-16/h2-14H,1H3/q-1. The van der Waals surface area contributed by atoms with Crippen molar-refractivity contribution >= 4 is 17.8 Å². The first kappa shape index (κ1) is 12.7. The summed E-state index contributed by atoms with van der Waals surface area (Å²) in [5, 5.41) is 1.74. The monoisotopic (exact) mass is 255 g/mol. The minimum absolute atomic E-state index is 0.870. The predicted molar refractivity (Wildman–Crippen MR) is 78.9 cm³/mol. The lowest BCUT2D eigenvalue weighted by Crippen LogP contribution is -2.13. The zero-order valence-corrected chi connectivity index (χ0v) is 11.3. The van der Waals surface area contributed by atoms with Gasteiger partial charge in [0.15, 0.2) is 0 Å². The second-order valence-corrected chi connectivity index (χ2v) is 6.65. The number of hydrogen-bond acceptors (Lipinski definition) is 1. The normalized spacial score (nSPS) is 11.6. The molecule has 2 aromatic carbocycles. The predicted octanol–water partition coefficient (Wildman–Crippen LogP) is 3.74. The smallest absolute Gasteiger partial charge is 0.0935 e. The third kappa shape index (κ3) is 2.57. The van der Waals surface area contributed by atoms with E-state index in [1.54, 1.807) is 0 Å². The van der Waals surface area contributed by atoms with Gasteiger partial charge in [-0.25, -0.2) is 12.5 Å². The summed E-state index contributed by atoms with van der Waals surface area (Å²) < 4.78 is 13.3. The van der Waals surface area contributed by atoms with Crippen molar-refractivity contribution < 1.29 is 4.57 Å². The lowest BCUT2D eigenvalue weighted by molar-refractivity contribution is 0.592. The van der Waals surface area contributed by atoms with Crippen LogP contribution in [0.2, 0.25) is 0 Å². The zero-order chi connectivity index (χ0) is 12.8. The first-order valence-electron chi connectivity index (χ1n) is 5.95. The van der Waals surface area contributed by atoms with E-state index in [0.717, 1.165) is 10.6 Å². The van der Waals surface area contributed by atoms with Gasteiger partial charge in [0.05, 0.1) is 7.14 Å². The average molecular weight is 255 g/mol. The Morgan fingerprint density at radius 3 is 1.72 bits per heavy atom. The summed E-state index contributed by atoms with van der Waals surface area (Å²) in [7, 11) is -2.65. The maximum atomic E-state index is 13.3. The van der Waals surface area contributed by atoms with Gasteiger partial charge in [0.2, 0.25) is 0 Å². The molecule has 0 saturated heterocycles. The highest BCUT2D eigenvalue weighted by Gasteiger charge is 2.18. The second-order valence-electron chi connectivity index (χ2n) is 4.00. The van der Waals surface area contributed by atoms with E-state index >= 15 is 0 Å². The van der Waals surface area contributed by atoms with Crippen molar-refractivity contribution in [3.8, 4) is 0 Å². The maximum absolute atomic E-state index is 13.3. The molecule has 1 nitrogen and oxygen atoms in total. The quantitative estimate of drug-likeness (QED) is 0.601. The lowest BCUT2D eigenvalue weighted by Gasteiger charge is -2.19. The summed E-state index contributed by atoms with van der Waals surface area (Å²) >= 11 is 0. The van der Waals surface area contributed by atoms with E-state index in [4.69, 9.17) is 0 Å². The Labute approximate surface area is 109 Å². The van der Waals surface area contributed by atoms with Gasteiger partial charge in [0, 0.05) is 10.6 Å². The molecule has 18 heavy (non-hydrogen) atoms. The molecule has 0 N–H and O–H groups in total. The molecule has 2 heteroatoms. The second kappa shape index (κ2) is 5.75. The van der Waals surface area contributed by atoms with Gasteiger partial charge in [0.25, 0.3) is 0 Å². The van der Waals surface area contributed by atoms with Crippen LogP contribution in [-0.2, 0) is 4.57 Å². The topological polar surface area (TPSA) is 17.1 Å². The molecular formula is C16H16OP-. The van der Waals surface area contributed by atoms with Crippen LogP contribution in [0.5, 0.6) is 0 Å². The van der Waals surface area contributed by atoms with Gasteiger partial charge >= 0.3 is 0 Å². The van der Waals surface area contributed by atoms with Crippen molar-refractivity contribution in [3.05, 3.63) is 79.0 Å². The summed E-state index contributed by atoms with van der Waals surface area (Å²) in [5.41, 5.74) is 0. The highest BCUT2D eigenvalue weighted by molar-refractivity contribution is 7.81. The first-order chi connectivity index (χ1) is 8.77. The van der Waals surface area contributed by atoms with Crippen molar-refractivity contribution in [3.63, 3.8) is 0 Å². The highest BCUT2D eigenvalue weighted by atomic mass is 31.2. The molecule has 0 aliphatic rings. The minimum atomic E-state index is -2.65. The van der Waals surface area contributed by atoms with Gasteiger partial charge < -0.3 is 4.57 Å². The fourth-order valence-corrected chi connectivity index (χ4v) is 4.11. The summed E-state index contributed by atoms with van der Waals surface area (Å²) in [6, 6.07) is 19.3. The fraction of sp³-hybridized carbons (Fsp3) is 0.0625. The van der Waals surface area contributed by atoms with Crippen LogP contribution in [0.3, 0.4) is 0 Å². The molecule has 0 saturated carbocycles. The van der Waals surface area contributed by atoms with Crippen molar-refractivity contribution in [2.24, 2.45) is 0 Å². The Balaban J connectivity index is 2.56. The number of benzene rings is 2. The third-order valence-corrected chi connectivity index (χ3v) is 5.49. The molecule has 0 aliphatic heterocycles. The summed E-state index contributed by atoms with van der Waals surface area (Å²) in [4.78, 5) is 0. The molecule has 2 aromatic rings. The van der Waals surface area contributed by atoms with Crippen LogP contribution < -0.4 is 10.6 Å². The molecule has 0 bridgehead atoms. The van der Waals surface area contributed by atoms with Gasteiger partial charge in [0.1, 0.15) is 0 Å². The Bertz CT molecular complexity index is 515. The van der Waals surface area contributed by atoms with E-state index in [-0.39, 0.29) is 0 Å². The van der Waals surface area contributed by atoms with Crippen LogP contribution >= 0.6 is 7.14 Å². The SMILES string of the molecule is C[CH-]C=CP(=O)(c1ccccc1)c1ccccc1. The molecule has 92 valence electrons. The van der Waals surface area contributed by atoms with Crippen LogP contribution in [0.15, 0.2) is 72.6 Å². The molecule has 0 heterocycles. The average Bonchev–Trinajstić information content (AvgIpc) is 2.46. The van der Waals surface area contributed by atoms with Gasteiger partial charge in [-0.1, -0.05) is 60.7 Å². The fourth-order valence-electron chi connectivity index (χ4n) is 1.83. The Morgan fingerprint density at radius 1 is 0.889 bits per heavy atom. The highest BCUT2D eigenvalue weighted by Crippen LogP contribution is 2.44. The lowest BCUT2D eigenvalue weighted by atomic mass is 10.4. The summed E-state index contributed by atoms with van der Waals surface area (Å²) in [5.74, 6) is 1.82. The van der Waals surface area contributed by atoms with Crippen LogP contribution in [0.4, 0.5) is 0 Å². The minimum Gasteiger partial charge on any atom is -0.328 e. The van der Waals surface area contributed by atoms with Gasteiger partial charge in [-0.15, -0.1) is 6.92 Å². The van der Waals surface area contributed by atoms with E-state index < -0.39 is 7.14 Å². The van der Waals surface area contributed by atoms with E-state index in [1.807, 2.05) is 85.9 Å². The Hall–Kier alpha value is -1.72. The van der Waals surface area contributed by atoms with Gasteiger partial charge in [-0.3, -0.25) is 0 Å². The molecule has 0 aromatic heterocycles. The van der Waals surface area contributed by atoms with E-state index in [2.05, 4.69) is 0 Å². The van der Waals surface area contributed by atoms with E-state index in [1.165, 1.54) is 0 Å². The van der Waals surface area contributed by atoms with E-state index in [9.17, 15) is 4.57 Å². The van der Waals surface area contributed by atoms with Crippen LogP contribution in [0.25, 0.3) is 0 Å². The number of rotatable bonds is 4. The number of hydrogen-bond donors (Lipinski definition) is 0. The molecule has 0 amide bonds. The van der Waals surface area contributed by atoms with Crippen molar-refractivity contribution in [1.29, 1.82) is 0 Å². The molecule has 0 unspecified atom stereocenters. The Kier molecular flexibility index (Phi) is 4.07. The summed E-state index contributed by atoms with van der Waals surface area (Å²) in [6.07, 6.45) is 3.76. The third-order valence-electron chi connectivity index (χ3n) is 2.77. The van der Waals surface area contributed by atoms with Crippen molar-refractivity contribution in [2.45, 2.75) is 6.92 Å². The largest absolute Gasteiger partial charge is 0.328 e. The van der Waals surface area contributed by atoms with E-state index in [0.29, 0.717) is 0 Å². The van der Waals surface area contributed by atoms with Gasteiger partial charge in [-0.2, -0.15) is 5.82 Å². The van der Waals surface area contributed by atoms with Crippen LogP contribution in [-0.4, -0.2) is 0 Å². The molecule has 0 fully saturated rings. The zero-order valence-electron chi connectivity index (χ0n) is 10.4. The molecule has 0 atom stereocenters. The first-order valence-corrected chi connectivity index (χ1v) is 7.73. The van der Waals surface area contributed by atoms with Crippen LogP contribution in [0.1, 0.15) is 6.92 Å². The van der Waals surface area contributed by atoms with Crippen molar-refractivity contribution in [2.75, 3.05) is 0 Å². The molecular weight excluding hydrogens is 239 g/mol. The molecule has 2 rings (SSSR count). The molecule has 0 spiro atoms. The molecule has 0 radical (unpaired) electrons. The summed E-state index contributed by atoms with van der Waals surface area (Å²) in [6.45, 7) is 1.93. The van der Waals surface area contributed by atoms with Crippen LogP contribution in [0, 0.1) is 6.42 Å². The number of allylic oxidation sites excluding steroid dienone is 1. The van der Waals surface area contributed by atoms with Gasteiger partial charge in [-0.05, 0) is 0 Å². The van der Waals surface area contributed by atoms with Crippen molar-refractivity contribution in [1.82, 2.24) is 0 Å². The maximum Gasteiger partial charge on any atom is 0.0935 e. The molecule has 0 aliphatic carbocycles.